The van der Waals surface area contributed by atoms with Crippen LogP contribution in [0, 0.1) is 11.3 Å². The molecule has 0 radical (unpaired) electrons. The van der Waals surface area contributed by atoms with Gasteiger partial charge in [-0.2, -0.15) is 5.26 Å². The van der Waals surface area contributed by atoms with Crippen molar-refractivity contribution in [1.29, 1.82) is 5.26 Å². The fourth-order valence-corrected chi connectivity index (χ4v) is 1.74. The average molecular weight is 284 g/mol. The number of benzene rings is 1. The first kappa shape index (κ1) is 14.3. The molecule has 0 saturated heterocycles. The van der Waals surface area contributed by atoms with E-state index in [1.807, 2.05) is 6.07 Å². The summed E-state index contributed by atoms with van der Waals surface area (Å²) in [6, 6.07) is 9.79. The number of nitriles is 1. The Bertz CT molecular complexity index is 707. The summed E-state index contributed by atoms with van der Waals surface area (Å²) in [6.45, 7) is 0.0458. The Morgan fingerprint density at radius 2 is 2.24 bits per heavy atom. The highest BCUT2D eigenvalue weighted by molar-refractivity contribution is 5.91. The van der Waals surface area contributed by atoms with Gasteiger partial charge >= 0.3 is 5.97 Å². The molecule has 2 rings (SSSR count). The second-order valence-corrected chi connectivity index (χ2v) is 4.08. The average Bonchev–Trinajstić information content (AvgIpc) is 2.52. The van der Waals surface area contributed by atoms with Gasteiger partial charge in [-0.25, -0.2) is 9.78 Å². The van der Waals surface area contributed by atoms with E-state index in [4.69, 9.17) is 19.8 Å². The molecule has 0 unspecified atom stereocenters. The number of aromatic carboxylic acids is 1. The van der Waals surface area contributed by atoms with Crippen molar-refractivity contribution in [2.45, 2.75) is 6.61 Å². The van der Waals surface area contributed by atoms with Crippen LogP contribution in [0.4, 0.5) is 0 Å². The van der Waals surface area contributed by atoms with Crippen molar-refractivity contribution in [3.8, 4) is 17.6 Å². The van der Waals surface area contributed by atoms with Crippen LogP contribution >= 0.6 is 0 Å². The molecule has 106 valence electrons. The smallest absolute Gasteiger partial charge is 0.339 e. The molecule has 6 heteroatoms. The van der Waals surface area contributed by atoms with Gasteiger partial charge in [-0.15, -0.1) is 0 Å². The van der Waals surface area contributed by atoms with E-state index in [-0.39, 0.29) is 23.6 Å². The lowest BCUT2D eigenvalue weighted by Crippen LogP contribution is -2.05. The zero-order chi connectivity index (χ0) is 15.2. The number of rotatable bonds is 5. The maximum absolute atomic E-state index is 11.2. The zero-order valence-electron chi connectivity index (χ0n) is 11.2. The summed E-state index contributed by atoms with van der Waals surface area (Å²) < 4.78 is 10.6. The van der Waals surface area contributed by atoms with Crippen LogP contribution < -0.4 is 9.47 Å². The number of pyridine rings is 1. The van der Waals surface area contributed by atoms with Crippen molar-refractivity contribution >= 4 is 5.97 Å². The van der Waals surface area contributed by atoms with Crippen molar-refractivity contribution in [1.82, 2.24) is 4.98 Å². The largest absolute Gasteiger partial charge is 0.497 e. The Morgan fingerprint density at radius 3 is 2.90 bits per heavy atom. The van der Waals surface area contributed by atoms with Crippen LogP contribution in [0.1, 0.15) is 21.6 Å². The summed E-state index contributed by atoms with van der Waals surface area (Å²) >= 11 is 0. The third-order valence-electron chi connectivity index (χ3n) is 2.80. The van der Waals surface area contributed by atoms with Gasteiger partial charge in [0.05, 0.1) is 7.11 Å². The van der Waals surface area contributed by atoms with Gasteiger partial charge in [0.1, 0.15) is 35.4 Å². The molecule has 0 saturated carbocycles. The van der Waals surface area contributed by atoms with Crippen molar-refractivity contribution in [3.05, 3.63) is 53.3 Å². The first-order valence-corrected chi connectivity index (χ1v) is 6.04. The molecule has 1 aromatic carbocycles. The SMILES string of the molecule is COc1ccc(C(=O)O)c(OCc2cccnc2C#N)c1. The molecule has 1 aromatic heterocycles. The van der Waals surface area contributed by atoms with Crippen LogP contribution in [-0.2, 0) is 6.61 Å². The summed E-state index contributed by atoms with van der Waals surface area (Å²) in [6.07, 6.45) is 1.51. The quantitative estimate of drug-likeness (QED) is 0.905. The number of hydrogen-bond acceptors (Lipinski definition) is 5. The lowest BCUT2D eigenvalue weighted by atomic mass is 10.2. The monoisotopic (exact) mass is 284 g/mol. The van der Waals surface area contributed by atoms with Crippen molar-refractivity contribution in [2.24, 2.45) is 0 Å². The van der Waals surface area contributed by atoms with E-state index in [0.717, 1.165) is 0 Å². The van der Waals surface area contributed by atoms with Crippen LogP contribution in [0.15, 0.2) is 36.5 Å². The summed E-state index contributed by atoms with van der Waals surface area (Å²) in [5, 5.41) is 18.1. The predicted molar refractivity (Wildman–Crippen MR) is 73.2 cm³/mol. The van der Waals surface area contributed by atoms with E-state index < -0.39 is 5.97 Å². The molecular formula is C15H12N2O4. The minimum Gasteiger partial charge on any atom is -0.497 e. The molecule has 0 bridgehead atoms. The Kier molecular flexibility index (Phi) is 4.36. The lowest BCUT2D eigenvalue weighted by molar-refractivity contribution is 0.0691. The van der Waals surface area contributed by atoms with Crippen LogP contribution in [0.3, 0.4) is 0 Å². The number of ether oxygens (including phenoxy) is 2. The Balaban J connectivity index is 2.27. The molecular weight excluding hydrogens is 272 g/mol. The van der Waals surface area contributed by atoms with Gasteiger partial charge in [-0.1, -0.05) is 6.07 Å². The normalized spacial score (nSPS) is 9.71. The van der Waals surface area contributed by atoms with E-state index >= 15 is 0 Å². The molecule has 21 heavy (non-hydrogen) atoms. The van der Waals surface area contributed by atoms with Crippen LogP contribution in [0.5, 0.6) is 11.5 Å². The van der Waals surface area contributed by atoms with Gasteiger partial charge in [0, 0.05) is 17.8 Å². The third-order valence-corrected chi connectivity index (χ3v) is 2.80. The number of hydrogen-bond donors (Lipinski definition) is 1. The summed E-state index contributed by atoms with van der Waals surface area (Å²) in [5.41, 5.74) is 0.856. The minimum absolute atomic E-state index is 0.0261. The van der Waals surface area contributed by atoms with E-state index in [9.17, 15) is 4.79 Å². The fraction of sp³-hybridized carbons (Fsp3) is 0.133. The van der Waals surface area contributed by atoms with E-state index in [1.165, 1.54) is 25.4 Å². The molecule has 0 aliphatic rings. The molecule has 0 aliphatic heterocycles. The van der Waals surface area contributed by atoms with E-state index in [2.05, 4.69) is 4.98 Å². The summed E-state index contributed by atoms with van der Waals surface area (Å²) in [5.74, 6) is -0.435. The summed E-state index contributed by atoms with van der Waals surface area (Å²) in [4.78, 5) is 15.1. The minimum atomic E-state index is -1.10. The zero-order valence-corrected chi connectivity index (χ0v) is 11.2. The van der Waals surface area contributed by atoms with Crippen molar-refractivity contribution in [3.63, 3.8) is 0 Å². The standard InChI is InChI=1S/C15H12N2O4/c1-20-11-4-5-12(15(18)19)14(7-11)21-9-10-3-2-6-17-13(10)8-16/h2-7H,9H2,1H3,(H,18,19). The van der Waals surface area contributed by atoms with E-state index in [0.29, 0.717) is 11.3 Å². The van der Waals surface area contributed by atoms with Gasteiger partial charge < -0.3 is 14.6 Å². The Hall–Kier alpha value is -3.07. The number of carbonyl (C=O) groups is 1. The van der Waals surface area contributed by atoms with Gasteiger partial charge in [0.15, 0.2) is 0 Å². The molecule has 0 aliphatic carbocycles. The molecule has 0 atom stereocenters. The van der Waals surface area contributed by atoms with Crippen molar-refractivity contribution < 1.29 is 19.4 Å². The first-order chi connectivity index (χ1) is 10.2. The van der Waals surface area contributed by atoms with Crippen LogP contribution in [0.2, 0.25) is 0 Å². The number of carboxylic acid groups (broad SMARTS) is 1. The topological polar surface area (TPSA) is 92.4 Å². The maximum Gasteiger partial charge on any atom is 0.339 e. The second kappa shape index (κ2) is 6.39. The molecule has 1 heterocycles. The maximum atomic E-state index is 11.2. The molecule has 6 nitrogen and oxygen atoms in total. The van der Waals surface area contributed by atoms with Gasteiger partial charge in [-0.3, -0.25) is 0 Å². The Morgan fingerprint density at radius 1 is 1.43 bits per heavy atom. The van der Waals surface area contributed by atoms with Crippen LogP contribution in [-0.4, -0.2) is 23.2 Å². The lowest BCUT2D eigenvalue weighted by Gasteiger charge is -2.11. The van der Waals surface area contributed by atoms with Crippen LogP contribution in [0.25, 0.3) is 0 Å². The Labute approximate surface area is 121 Å². The molecule has 2 aromatic rings. The first-order valence-electron chi connectivity index (χ1n) is 6.04. The third kappa shape index (κ3) is 3.28. The van der Waals surface area contributed by atoms with Gasteiger partial charge in [0.2, 0.25) is 0 Å². The highest BCUT2D eigenvalue weighted by Crippen LogP contribution is 2.26. The second-order valence-electron chi connectivity index (χ2n) is 4.08. The molecule has 1 N–H and O–H groups in total. The van der Waals surface area contributed by atoms with Gasteiger partial charge in [-0.05, 0) is 18.2 Å². The number of methoxy groups -OCH3 is 1. The predicted octanol–water partition coefficient (Wildman–Crippen LogP) is 2.24. The van der Waals surface area contributed by atoms with E-state index in [1.54, 1.807) is 18.2 Å². The molecule has 0 amide bonds. The summed E-state index contributed by atoms with van der Waals surface area (Å²) in [7, 11) is 1.48. The van der Waals surface area contributed by atoms with Gasteiger partial charge in [0.25, 0.3) is 0 Å². The van der Waals surface area contributed by atoms with Crippen molar-refractivity contribution in [2.75, 3.05) is 7.11 Å². The number of aromatic nitrogens is 1. The number of carboxylic acids is 1. The number of nitrogens with zero attached hydrogens (tertiary/aromatic N) is 2. The molecule has 0 fully saturated rings. The fourth-order valence-electron chi connectivity index (χ4n) is 1.74. The highest BCUT2D eigenvalue weighted by atomic mass is 16.5. The molecule has 0 spiro atoms. The highest BCUT2D eigenvalue weighted by Gasteiger charge is 2.13.